The zero-order valence-corrected chi connectivity index (χ0v) is 14.2. The second kappa shape index (κ2) is 6.08. The van der Waals surface area contributed by atoms with Crippen molar-refractivity contribution in [1.82, 2.24) is 14.5 Å². The molecule has 1 aromatic heterocycles. The smallest absolute Gasteiger partial charge is 0.246 e. The Morgan fingerprint density at radius 3 is 2.52 bits per heavy atom. The summed E-state index contributed by atoms with van der Waals surface area (Å²) in [6, 6.07) is 0.217. The van der Waals surface area contributed by atoms with Crippen LogP contribution in [0.15, 0.2) is 9.31 Å². The molecule has 120 valence electrons. The molecule has 2 rings (SSSR count). The Morgan fingerprint density at radius 1 is 1.29 bits per heavy atom. The van der Waals surface area contributed by atoms with Crippen LogP contribution in [0.4, 0.5) is 0 Å². The SMILES string of the molecule is CNCc1c(C)oc(C)c1S(=O)(=O)N1CCN(C)C(C)C1. The molecule has 0 aliphatic carbocycles. The van der Waals surface area contributed by atoms with E-state index < -0.39 is 10.0 Å². The molecule has 1 fully saturated rings. The first kappa shape index (κ1) is 16.5. The van der Waals surface area contributed by atoms with Gasteiger partial charge < -0.3 is 14.6 Å². The number of likely N-dealkylation sites (N-methyl/N-ethyl adjacent to an activating group) is 1. The van der Waals surface area contributed by atoms with Gasteiger partial charge in [-0.15, -0.1) is 0 Å². The summed E-state index contributed by atoms with van der Waals surface area (Å²) in [5.41, 5.74) is 0.738. The number of sulfonamides is 1. The van der Waals surface area contributed by atoms with Crippen LogP contribution in [0.1, 0.15) is 24.0 Å². The van der Waals surface area contributed by atoms with Gasteiger partial charge in [-0.05, 0) is 34.9 Å². The number of aryl methyl sites for hydroxylation is 2. The molecule has 1 aliphatic heterocycles. The quantitative estimate of drug-likeness (QED) is 0.896. The van der Waals surface area contributed by atoms with E-state index in [4.69, 9.17) is 4.42 Å². The fourth-order valence-electron chi connectivity index (χ4n) is 2.79. The van der Waals surface area contributed by atoms with E-state index in [1.54, 1.807) is 18.3 Å². The fraction of sp³-hybridized carbons (Fsp3) is 0.714. The first-order valence-corrected chi connectivity index (χ1v) is 8.67. The highest BCUT2D eigenvalue weighted by molar-refractivity contribution is 7.89. The van der Waals surface area contributed by atoms with E-state index in [1.165, 1.54) is 0 Å². The monoisotopic (exact) mass is 315 g/mol. The molecule has 0 aromatic carbocycles. The van der Waals surface area contributed by atoms with Crippen molar-refractivity contribution in [1.29, 1.82) is 0 Å². The van der Waals surface area contributed by atoms with Gasteiger partial charge in [-0.1, -0.05) is 0 Å². The highest BCUT2D eigenvalue weighted by Gasteiger charge is 2.35. The number of rotatable bonds is 4. The zero-order chi connectivity index (χ0) is 15.8. The summed E-state index contributed by atoms with van der Waals surface area (Å²) in [5.74, 6) is 1.15. The van der Waals surface area contributed by atoms with E-state index in [2.05, 4.69) is 10.2 Å². The van der Waals surface area contributed by atoms with Gasteiger partial charge in [0.05, 0.1) is 0 Å². The van der Waals surface area contributed by atoms with Crippen LogP contribution in [0.2, 0.25) is 0 Å². The van der Waals surface area contributed by atoms with Crippen LogP contribution in [0, 0.1) is 13.8 Å². The van der Waals surface area contributed by atoms with E-state index in [1.807, 2.05) is 20.9 Å². The summed E-state index contributed by atoms with van der Waals surface area (Å²) >= 11 is 0. The molecule has 21 heavy (non-hydrogen) atoms. The highest BCUT2D eigenvalue weighted by atomic mass is 32.2. The van der Waals surface area contributed by atoms with E-state index >= 15 is 0 Å². The van der Waals surface area contributed by atoms with Gasteiger partial charge >= 0.3 is 0 Å². The largest absolute Gasteiger partial charge is 0.465 e. The van der Waals surface area contributed by atoms with Crippen LogP contribution in [-0.2, 0) is 16.6 Å². The van der Waals surface area contributed by atoms with Gasteiger partial charge in [0.25, 0.3) is 0 Å². The maximum Gasteiger partial charge on any atom is 0.246 e. The second-order valence-corrected chi connectivity index (χ2v) is 7.62. The molecule has 7 heteroatoms. The van der Waals surface area contributed by atoms with Gasteiger partial charge in [0.15, 0.2) is 0 Å². The van der Waals surface area contributed by atoms with Gasteiger partial charge in [0.1, 0.15) is 16.4 Å². The van der Waals surface area contributed by atoms with E-state index in [-0.39, 0.29) is 6.04 Å². The van der Waals surface area contributed by atoms with Gasteiger partial charge in [-0.2, -0.15) is 4.31 Å². The van der Waals surface area contributed by atoms with E-state index in [9.17, 15) is 8.42 Å². The van der Waals surface area contributed by atoms with E-state index in [0.29, 0.717) is 36.1 Å². The van der Waals surface area contributed by atoms with Crippen molar-refractivity contribution in [2.75, 3.05) is 33.7 Å². The molecule has 6 nitrogen and oxygen atoms in total. The molecule has 1 unspecified atom stereocenters. The molecule has 1 aliphatic rings. The molecule has 1 atom stereocenters. The van der Waals surface area contributed by atoms with Crippen molar-refractivity contribution >= 4 is 10.0 Å². The summed E-state index contributed by atoms with van der Waals surface area (Å²) in [6.07, 6.45) is 0. The average Bonchev–Trinajstić information content (AvgIpc) is 2.68. The summed E-state index contributed by atoms with van der Waals surface area (Å²) in [4.78, 5) is 2.51. The topological polar surface area (TPSA) is 65.8 Å². The Morgan fingerprint density at radius 2 is 1.95 bits per heavy atom. The average molecular weight is 315 g/mol. The molecule has 0 saturated carbocycles. The minimum absolute atomic E-state index is 0.217. The second-order valence-electron chi connectivity index (χ2n) is 5.75. The number of nitrogens with one attached hydrogen (secondary N) is 1. The van der Waals surface area contributed by atoms with Crippen molar-refractivity contribution in [3.63, 3.8) is 0 Å². The molecule has 0 radical (unpaired) electrons. The van der Waals surface area contributed by atoms with Crippen LogP contribution >= 0.6 is 0 Å². The van der Waals surface area contributed by atoms with Crippen LogP contribution in [-0.4, -0.2) is 57.4 Å². The lowest BCUT2D eigenvalue weighted by Gasteiger charge is -2.36. The number of piperazine rings is 1. The number of hydrogen-bond acceptors (Lipinski definition) is 5. The predicted octanol–water partition coefficient (Wildman–Crippen LogP) is 0.940. The zero-order valence-electron chi connectivity index (χ0n) is 13.4. The van der Waals surface area contributed by atoms with Crippen molar-refractivity contribution in [3.05, 3.63) is 17.1 Å². The lowest BCUT2D eigenvalue weighted by molar-refractivity contribution is 0.159. The normalized spacial score (nSPS) is 21.9. The first-order chi connectivity index (χ1) is 9.78. The fourth-order valence-corrected chi connectivity index (χ4v) is 4.72. The van der Waals surface area contributed by atoms with Crippen molar-refractivity contribution < 1.29 is 12.8 Å². The lowest BCUT2D eigenvalue weighted by Crippen LogP contribution is -2.52. The standard InChI is InChI=1S/C14H25N3O3S/c1-10-9-17(7-6-16(10)5)21(18,19)14-12(3)20-11(2)13(14)8-15-4/h10,15H,6-9H2,1-5H3. The van der Waals surface area contributed by atoms with Gasteiger partial charge in [-0.3, -0.25) is 0 Å². The third-order valence-corrected chi connectivity index (χ3v) is 6.26. The summed E-state index contributed by atoms with van der Waals surface area (Å²) < 4.78 is 33.1. The molecule has 2 heterocycles. The number of furan rings is 1. The Bertz CT molecular complexity index is 609. The van der Waals surface area contributed by atoms with Crippen molar-refractivity contribution in [2.24, 2.45) is 0 Å². The van der Waals surface area contributed by atoms with Gasteiger partial charge in [-0.25, -0.2) is 8.42 Å². The predicted molar refractivity (Wildman–Crippen MR) is 81.8 cm³/mol. The lowest BCUT2D eigenvalue weighted by atomic mass is 10.2. The molecule has 0 bridgehead atoms. The molecule has 1 saturated heterocycles. The number of hydrogen-bond donors (Lipinski definition) is 1. The maximum absolute atomic E-state index is 13.0. The molecular weight excluding hydrogens is 290 g/mol. The van der Waals surface area contributed by atoms with Gasteiger partial charge in [0.2, 0.25) is 10.0 Å². The molecule has 1 aromatic rings. The van der Waals surface area contributed by atoms with Crippen LogP contribution in [0.25, 0.3) is 0 Å². The molecular formula is C14H25N3O3S. The molecule has 1 N–H and O–H groups in total. The third-order valence-electron chi connectivity index (χ3n) is 4.20. The Kier molecular flexibility index (Phi) is 4.77. The summed E-state index contributed by atoms with van der Waals surface area (Å²) in [5, 5.41) is 3.02. The van der Waals surface area contributed by atoms with Crippen LogP contribution in [0.5, 0.6) is 0 Å². The highest BCUT2D eigenvalue weighted by Crippen LogP contribution is 2.30. The molecule has 0 spiro atoms. The van der Waals surface area contributed by atoms with Gasteiger partial charge in [0, 0.05) is 37.8 Å². The third kappa shape index (κ3) is 3.01. The minimum Gasteiger partial charge on any atom is -0.465 e. The van der Waals surface area contributed by atoms with Crippen LogP contribution < -0.4 is 5.32 Å². The summed E-state index contributed by atoms with van der Waals surface area (Å²) in [6.45, 7) is 7.85. The van der Waals surface area contributed by atoms with Crippen molar-refractivity contribution in [3.8, 4) is 0 Å². The maximum atomic E-state index is 13.0. The molecule has 0 amide bonds. The summed E-state index contributed by atoms with van der Waals surface area (Å²) in [7, 11) is 0.316. The minimum atomic E-state index is -3.51. The van der Waals surface area contributed by atoms with Crippen LogP contribution in [0.3, 0.4) is 0 Å². The Labute approximate surface area is 127 Å². The van der Waals surface area contributed by atoms with Crippen molar-refractivity contribution in [2.45, 2.75) is 38.3 Å². The Hall–Kier alpha value is -0.890. The first-order valence-electron chi connectivity index (χ1n) is 7.23. The number of nitrogens with zero attached hydrogens (tertiary/aromatic N) is 2. The van der Waals surface area contributed by atoms with E-state index in [0.717, 1.165) is 12.1 Å². The Balaban J connectivity index is 2.40.